The summed E-state index contributed by atoms with van der Waals surface area (Å²) in [5.74, 6) is -0.845. The van der Waals surface area contributed by atoms with E-state index >= 15 is 0 Å². The van der Waals surface area contributed by atoms with Crippen LogP contribution >= 0.6 is 0 Å². The minimum absolute atomic E-state index is 0.0668. The molecule has 1 atom stereocenters. The van der Waals surface area contributed by atoms with E-state index in [1.807, 2.05) is 0 Å². The zero-order chi connectivity index (χ0) is 59.9. The minimum atomic E-state index is -0.768. The molecule has 0 saturated heterocycles. The molecule has 0 aromatic heterocycles. The van der Waals surface area contributed by atoms with E-state index in [1.165, 1.54) is 283 Å². The molecular formula is C77H142O6. The first-order valence-corrected chi connectivity index (χ1v) is 37.1. The van der Waals surface area contributed by atoms with Crippen LogP contribution in [0, 0.1) is 0 Å². The van der Waals surface area contributed by atoms with Crippen LogP contribution in [-0.4, -0.2) is 37.2 Å². The molecule has 0 heterocycles. The van der Waals surface area contributed by atoms with Crippen molar-refractivity contribution in [1.29, 1.82) is 0 Å². The van der Waals surface area contributed by atoms with Gasteiger partial charge in [-0.05, 0) is 57.8 Å². The molecule has 0 aromatic carbocycles. The molecule has 0 saturated carbocycles. The minimum Gasteiger partial charge on any atom is -0.462 e. The molecule has 0 aliphatic rings. The van der Waals surface area contributed by atoms with E-state index in [1.54, 1.807) is 0 Å². The van der Waals surface area contributed by atoms with Crippen LogP contribution in [0.1, 0.15) is 406 Å². The number of unbranched alkanes of at least 4 members (excludes halogenated alkanes) is 50. The van der Waals surface area contributed by atoms with Crippen LogP contribution in [0.3, 0.4) is 0 Å². The first-order valence-electron chi connectivity index (χ1n) is 37.1. The van der Waals surface area contributed by atoms with Gasteiger partial charge in [-0.1, -0.05) is 378 Å². The van der Waals surface area contributed by atoms with E-state index in [-0.39, 0.29) is 31.1 Å². The zero-order valence-electron chi connectivity index (χ0n) is 56.0. The van der Waals surface area contributed by atoms with Gasteiger partial charge >= 0.3 is 17.9 Å². The van der Waals surface area contributed by atoms with Crippen molar-refractivity contribution < 1.29 is 28.6 Å². The number of ether oxygens (including phenoxy) is 3. The molecule has 6 nitrogen and oxygen atoms in total. The number of rotatable bonds is 69. The summed E-state index contributed by atoms with van der Waals surface area (Å²) in [6.45, 7) is 6.56. The van der Waals surface area contributed by atoms with E-state index in [0.29, 0.717) is 19.3 Å². The van der Waals surface area contributed by atoms with Gasteiger partial charge in [0, 0.05) is 19.3 Å². The Balaban J connectivity index is 3.99. The topological polar surface area (TPSA) is 78.9 Å². The fourth-order valence-corrected chi connectivity index (χ4v) is 11.3. The van der Waals surface area contributed by atoms with Gasteiger partial charge in [-0.25, -0.2) is 0 Å². The van der Waals surface area contributed by atoms with Crippen LogP contribution in [0.15, 0.2) is 48.6 Å². The predicted molar refractivity (Wildman–Crippen MR) is 362 cm³/mol. The third kappa shape index (κ3) is 70.0. The lowest BCUT2D eigenvalue weighted by atomic mass is 10.0. The van der Waals surface area contributed by atoms with E-state index < -0.39 is 6.10 Å². The summed E-state index contributed by atoms with van der Waals surface area (Å²) >= 11 is 0. The van der Waals surface area contributed by atoms with Crippen LogP contribution in [0.25, 0.3) is 0 Å². The molecule has 0 aliphatic carbocycles. The van der Waals surface area contributed by atoms with Crippen molar-refractivity contribution in [1.82, 2.24) is 0 Å². The fraction of sp³-hybridized carbons (Fsp3) is 0.857. The standard InChI is InChI=1S/C77H142O6/c1-4-7-10-13-16-18-20-22-24-26-28-30-32-34-36-38-40-42-44-46-48-50-52-54-56-58-61-64-67-70-76(79)82-73-74(72-81-75(78)69-66-63-60-15-12-9-6-3)83-77(80)71-68-65-62-59-57-55-53-51-49-47-45-43-41-39-37-35-33-31-29-27-25-23-21-19-17-14-11-8-5-2/h7,10,16,18,22,24,28,30,74H,4-6,8-9,11-15,17,19-21,23,25-27,29,31-73H2,1-3H3/b10-7-,18-16-,24-22-,30-28-. The Morgan fingerprint density at radius 3 is 0.735 bits per heavy atom. The molecule has 0 rings (SSSR count). The maximum absolute atomic E-state index is 12.9. The summed E-state index contributed by atoms with van der Waals surface area (Å²) in [7, 11) is 0. The van der Waals surface area contributed by atoms with Gasteiger partial charge in [-0.2, -0.15) is 0 Å². The van der Waals surface area contributed by atoms with Gasteiger partial charge in [0.15, 0.2) is 6.10 Å². The molecular weight excluding hydrogens is 1020 g/mol. The Kier molecular flexibility index (Phi) is 69.6. The molecule has 6 heteroatoms. The summed E-state index contributed by atoms with van der Waals surface area (Å²) in [5.41, 5.74) is 0. The molecule has 0 bridgehead atoms. The summed E-state index contributed by atoms with van der Waals surface area (Å²) in [4.78, 5) is 38.2. The summed E-state index contributed by atoms with van der Waals surface area (Å²) < 4.78 is 16.9. The number of allylic oxidation sites excluding steroid dienone is 8. The second-order valence-corrected chi connectivity index (χ2v) is 25.2. The van der Waals surface area contributed by atoms with Gasteiger partial charge in [0.25, 0.3) is 0 Å². The number of hydrogen-bond donors (Lipinski definition) is 0. The quantitative estimate of drug-likeness (QED) is 0.0261. The lowest BCUT2D eigenvalue weighted by molar-refractivity contribution is -0.167. The normalized spacial score (nSPS) is 12.3. The maximum atomic E-state index is 12.9. The van der Waals surface area contributed by atoms with Crippen LogP contribution in [0.5, 0.6) is 0 Å². The monoisotopic (exact) mass is 1160 g/mol. The molecule has 0 aromatic rings. The SMILES string of the molecule is CC/C=C\C/C=C\C/C=C\C/C=C\CCCCCCCCCCCCCCCCCCC(=O)OCC(COC(=O)CCCCCCCCC)OC(=O)CCCCCCCCCCCCCCCCCCCCCCCCCCCCCCC. The van der Waals surface area contributed by atoms with E-state index in [0.717, 1.165) is 83.5 Å². The van der Waals surface area contributed by atoms with Gasteiger partial charge < -0.3 is 14.2 Å². The van der Waals surface area contributed by atoms with Crippen molar-refractivity contribution in [2.75, 3.05) is 13.2 Å². The van der Waals surface area contributed by atoms with Gasteiger partial charge in [0.1, 0.15) is 13.2 Å². The highest BCUT2D eigenvalue weighted by molar-refractivity contribution is 5.71. The van der Waals surface area contributed by atoms with Crippen molar-refractivity contribution >= 4 is 17.9 Å². The van der Waals surface area contributed by atoms with E-state index in [4.69, 9.17) is 14.2 Å². The van der Waals surface area contributed by atoms with Gasteiger partial charge in [0.05, 0.1) is 0 Å². The third-order valence-electron chi connectivity index (χ3n) is 16.8. The lowest BCUT2D eigenvalue weighted by Crippen LogP contribution is -2.30. The number of carbonyl (C=O) groups excluding carboxylic acids is 3. The Bertz CT molecular complexity index is 1430. The Morgan fingerprint density at radius 1 is 0.253 bits per heavy atom. The van der Waals surface area contributed by atoms with Crippen LogP contribution in [-0.2, 0) is 28.6 Å². The first-order chi connectivity index (χ1) is 41.0. The van der Waals surface area contributed by atoms with Crippen LogP contribution < -0.4 is 0 Å². The smallest absolute Gasteiger partial charge is 0.306 e. The second-order valence-electron chi connectivity index (χ2n) is 25.2. The molecule has 0 spiro atoms. The van der Waals surface area contributed by atoms with Crippen LogP contribution in [0.4, 0.5) is 0 Å². The molecule has 0 radical (unpaired) electrons. The zero-order valence-corrected chi connectivity index (χ0v) is 56.0. The van der Waals surface area contributed by atoms with Crippen molar-refractivity contribution in [3.05, 3.63) is 48.6 Å². The molecule has 83 heavy (non-hydrogen) atoms. The van der Waals surface area contributed by atoms with Gasteiger partial charge in [0.2, 0.25) is 0 Å². The van der Waals surface area contributed by atoms with Crippen molar-refractivity contribution in [3.8, 4) is 0 Å². The fourth-order valence-electron chi connectivity index (χ4n) is 11.3. The first kappa shape index (κ1) is 80.4. The van der Waals surface area contributed by atoms with E-state index in [9.17, 15) is 14.4 Å². The highest BCUT2D eigenvalue weighted by Crippen LogP contribution is 2.19. The van der Waals surface area contributed by atoms with Crippen molar-refractivity contribution in [2.24, 2.45) is 0 Å². The molecule has 486 valence electrons. The van der Waals surface area contributed by atoms with Crippen LogP contribution in [0.2, 0.25) is 0 Å². The van der Waals surface area contributed by atoms with Crippen molar-refractivity contribution in [3.63, 3.8) is 0 Å². The molecule has 0 N–H and O–H groups in total. The second kappa shape index (κ2) is 71.8. The summed E-state index contributed by atoms with van der Waals surface area (Å²) in [6, 6.07) is 0. The highest BCUT2D eigenvalue weighted by atomic mass is 16.6. The van der Waals surface area contributed by atoms with Gasteiger partial charge in [-0.15, -0.1) is 0 Å². The highest BCUT2D eigenvalue weighted by Gasteiger charge is 2.20. The molecule has 0 amide bonds. The summed E-state index contributed by atoms with van der Waals surface area (Å²) in [5, 5.41) is 0. The third-order valence-corrected chi connectivity index (χ3v) is 16.8. The largest absolute Gasteiger partial charge is 0.462 e. The van der Waals surface area contributed by atoms with E-state index in [2.05, 4.69) is 69.4 Å². The lowest BCUT2D eigenvalue weighted by Gasteiger charge is -2.18. The number of hydrogen-bond acceptors (Lipinski definition) is 6. The Morgan fingerprint density at radius 2 is 0.470 bits per heavy atom. The van der Waals surface area contributed by atoms with Crippen molar-refractivity contribution in [2.45, 2.75) is 412 Å². The average molecular weight is 1160 g/mol. The predicted octanol–water partition coefficient (Wildman–Crippen LogP) is 25.7. The number of esters is 3. The van der Waals surface area contributed by atoms with Gasteiger partial charge in [-0.3, -0.25) is 14.4 Å². The Labute approximate surface area is 518 Å². The number of carbonyl (C=O) groups is 3. The molecule has 0 aliphatic heterocycles. The Hall–Kier alpha value is -2.63. The maximum Gasteiger partial charge on any atom is 0.306 e. The molecule has 1 unspecified atom stereocenters. The summed E-state index contributed by atoms with van der Waals surface area (Å²) in [6.07, 6.45) is 92.0. The molecule has 0 fully saturated rings. The average Bonchev–Trinajstić information content (AvgIpc) is 3.49.